The molecule has 0 atom stereocenters. The van der Waals surface area contributed by atoms with E-state index in [1.165, 1.54) is 44.1 Å². The molecule has 1 N–H and O–H groups in total. The molecule has 4 aromatic rings. The second-order valence-electron chi connectivity index (χ2n) is 10.7. The summed E-state index contributed by atoms with van der Waals surface area (Å²) in [6, 6.07) is 16.5. The average molecular weight is 539 g/mol. The molecule has 0 spiro atoms. The molecule has 0 bridgehead atoms. The van der Waals surface area contributed by atoms with Crippen LogP contribution in [0.2, 0.25) is 0 Å². The zero-order chi connectivity index (χ0) is 27.1. The lowest BCUT2D eigenvalue weighted by atomic mass is 10.1. The first kappa shape index (κ1) is 26.1. The summed E-state index contributed by atoms with van der Waals surface area (Å²) in [6.45, 7) is 7.34. The van der Waals surface area contributed by atoms with Crippen molar-refractivity contribution in [2.45, 2.75) is 52.0 Å². The Kier molecular flexibility index (Phi) is 8.07. The minimum Gasteiger partial charge on any atom is -0.492 e. The van der Waals surface area contributed by atoms with E-state index in [2.05, 4.69) is 74.4 Å². The maximum atomic E-state index is 6.01. The van der Waals surface area contributed by atoms with Crippen molar-refractivity contribution in [3.05, 3.63) is 65.9 Å². The highest BCUT2D eigenvalue weighted by atomic mass is 16.5. The van der Waals surface area contributed by atoms with Gasteiger partial charge in [-0.15, -0.1) is 0 Å². The summed E-state index contributed by atoms with van der Waals surface area (Å²) in [5, 5.41) is 5.72. The van der Waals surface area contributed by atoms with Crippen LogP contribution in [0.25, 0.3) is 10.9 Å². The normalized spacial score (nSPS) is 16.1. The number of aromatic nitrogens is 4. The summed E-state index contributed by atoms with van der Waals surface area (Å²) < 4.78 is 8.23. The van der Waals surface area contributed by atoms with Crippen LogP contribution in [-0.2, 0) is 6.54 Å². The fraction of sp³-hybridized carbons (Fsp3) is 0.419. The van der Waals surface area contributed by atoms with Crippen LogP contribution in [0.5, 0.6) is 5.75 Å². The third-order valence-corrected chi connectivity index (χ3v) is 7.67. The molecule has 2 aliphatic heterocycles. The predicted molar refractivity (Wildman–Crippen MR) is 162 cm³/mol. The number of aryl methyl sites for hydroxylation is 1. The van der Waals surface area contributed by atoms with Crippen LogP contribution in [0.1, 0.15) is 49.7 Å². The SMILES string of the molecule is Cc1cccc(OCCn2cc(C=NNc3nc(N4CCCCC4)nc(N4CCCCC4)n3)c3ccccc32)c1. The number of para-hydroxylation sites is 1. The van der Waals surface area contributed by atoms with Gasteiger partial charge >= 0.3 is 0 Å². The molecule has 4 heterocycles. The number of piperidine rings is 2. The van der Waals surface area contributed by atoms with E-state index in [0.717, 1.165) is 66.8 Å². The van der Waals surface area contributed by atoms with Crippen LogP contribution in [0.3, 0.4) is 0 Å². The van der Waals surface area contributed by atoms with Crippen molar-refractivity contribution in [2.75, 3.05) is 48.0 Å². The van der Waals surface area contributed by atoms with E-state index in [9.17, 15) is 0 Å². The van der Waals surface area contributed by atoms with Crippen molar-refractivity contribution in [3.8, 4) is 5.75 Å². The van der Waals surface area contributed by atoms with E-state index in [1.54, 1.807) is 0 Å². The summed E-state index contributed by atoms with van der Waals surface area (Å²) in [5.74, 6) is 2.88. The smallest absolute Gasteiger partial charge is 0.250 e. The van der Waals surface area contributed by atoms with Gasteiger partial charge in [0.2, 0.25) is 17.8 Å². The molecular weight excluding hydrogens is 500 g/mol. The molecule has 0 radical (unpaired) electrons. The Labute approximate surface area is 235 Å². The van der Waals surface area contributed by atoms with E-state index in [4.69, 9.17) is 19.7 Å². The second kappa shape index (κ2) is 12.4. The first-order valence-corrected chi connectivity index (χ1v) is 14.6. The van der Waals surface area contributed by atoms with Crippen LogP contribution in [-0.4, -0.2) is 58.5 Å². The Morgan fingerprint density at radius 3 is 2.25 bits per heavy atom. The second-order valence-corrected chi connectivity index (χ2v) is 10.7. The number of benzene rings is 2. The summed E-state index contributed by atoms with van der Waals surface area (Å²) >= 11 is 0. The quantitative estimate of drug-likeness (QED) is 0.218. The molecule has 0 aliphatic carbocycles. The van der Waals surface area contributed by atoms with Gasteiger partial charge < -0.3 is 19.1 Å². The monoisotopic (exact) mass is 538 g/mol. The highest BCUT2D eigenvalue weighted by molar-refractivity contribution is 5.99. The Hall–Kier alpha value is -4.14. The Balaban J connectivity index is 1.19. The van der Waals surface area contributed by atoms with Gasteiger partial charge in [0, 0.05) is 48.8 Å². The van der Waals surface area contributed by atoms with E-state index < -0.39 is 0 Å². The standard InChI is InChI=1S/C31H38N8O/c1-24-11-10-12-26(21-24)40-20-19-39-23-25(27-13-4-5-14-28(27)39)22-32-36-29-33-30(37-15-6-2-7-16-37)35-31(34-29)38-17-8-3-9-18-38/h4-5,10-14,21-23H,2-3,6-9,15-20H2,1H3,(H,33,34,35,36). The minimum absolute atomic E-state index is 0.489. The number of ether oxygens (including phenoxy) is 1. The van der Waals surface area contributed by atoms with Crippen LogP contribution in [0.4, 0.5) is 17.8 Å². The molecule has 0 amide bonds. The van der Waals surface area contributed by atoms with Crippen molar-refractivity contribution >= 4 is 35.0 Å². The van der Waals surface area contributed by atoms with E-state index in [-0.39, 0.29) is 0 Å². The molecule has 2 aliphatic rings. The van der Waals surface area contributed by atoms with Gasteiger partial charge in [-0.3, -0.25) is 0 Å². The predicted octanol–water partition coefficient (Wildman–Crippen LogP) is 5.64. The molecule has 0 unspecified atom stereocenters. The van der Waals surface area contributed by atoms with E-state index in [0.29, 0.717) is 12.6 Å². The summed E-state index contributed by atoms with van der Waals surface area (Å²) in [6.07, 6.45) is 11.2. The van der Waals surface area contributed by atoms with Gasteiger partial charge in [-0.2, -0.15) is 20.1 Å². The van der Waals surface area contributed by atoms with Crippen LogP contribution < -0.4 is 20.0 Å². The minimum atomic E-state index is 0.489. The van der Waals surface area contributed by atoms with Gasteiger partial charge in [-0.1, -0.05) is 30.3 Å². The molecule has 9 nitrogen and oxygen atoms in total. The van der Waals surface area contributed by atoms with E-state index in [1.807, 2.05) is 18.3 Å². The highest BCUT2D eigenvalue weighted by Gasteiger charge is 2.20. The van der Waals surface area contributed by atoms with Crippen LogP contribution >= 0.6 is 0 Å². The molecule has 2 aromatic carbocycles. The largest absolute Gasteiger partial charge is 0.492 e. The molecule has 2 saturated heterocycles. The summed E-state index contributed by atoms with van der Waals surface area (Å²) in [7, 11) is 0. The lowest BCUT2D eigenvalue weighted by Gasteiger charge is -2.30. The summed E-state index contributed by atoms with van der Waals surface area (Å²) in [4.78, 5) is 18.9. The van der Waals surface area contributed by atoms with Gasteiger partial charge in [-0.05, 0) is 69.2 Å². The maximum Gasteiger partial charge on any atom is 0.250 e. The molecule has 2 aromatic heterocycles. The van der Waals surface area contributed by atoms with Crippen molar-refractivity contribution in [2.24, 2.45) is 5.10 Å². The van der Waals surface area contributed by atoms with Crippen molar-refractivity contribution in [3.63, 3.8) is 0 Å². The van der Waals surface area contributed by atoms with E-state index >= 15 is 0 Å². The van der Waals surface area contributed by atoms with Gasteiger partial charge in [0.15, 0.2) is 0 Å². The Morgan fingerprint density at radius 1 is 0.850 bits per heavy atom. The molecule has 9 heteroatoms. The Bertz CT molecular complexity index is 1420. The molecule has 40 heavy (non-hydrogen) atoms. The maximum absolute atomic E-state index is 6.01. The number of hydrogen-bond acceptors (Lipinski definition) is 8. The lowest BCUT2D eigenvalue weighted by Crippen LogP contribution is -2.34. The Morgan fingerprint density at radius 2 is 1.55 bits per heavy atom. The topological polar surface area (TPSA) is 83.7 Å². The first-order valence-electron chi connectivity index (χ1n) is 14.6. The zero-order valence-corrected chi connectivity index (χ0v) is 23.3. The first-order chi connectivity index (χ1) is 19.7. The van der Waals surface area contributed by atoms with Gasteiger partial charge in [0.05, 0.1) is 12.8 Å². The average Bonchev–Trinajstić information content (AvgIpc) is 3.35. The molecule has 208 valence electrons. The van der Waals surface area contributed by atoms with Gasteiger partial charge in [0.1, 0.15) is 12.4 Å². The third-order valence-electron chi connectivity index (χ3n) is 7.67. The van der Waals surface area contributed by atoms with Crippen LogP contribution in [0, 0.1) is 6.92 Å². The van der Waals surface area contributed by atoms with Crippen LogP contribution in [0.15, 0.2) is 59.8 Å². The number of fused-ring (bicyclic) bond motifs is 1. The number of anilines is 3. The number of hydrogen-bond donors (Lipinski definition) is 1. The van der Waals surface area contributed by atoms with Gasteiger partial charge in [-0.25, -0.2) is 5.43 Å². The molecule has 0 saturated carbocycles. The highest BCUT2D eigenvalue weighted by Crippen LogP contribution is 2.23. The zero-order valence-electron chi connectivity index (χ0n) is 23.3. The number of rotatable bonds is 9. The fourth-order valence-electron chi connectivity index (χ4n) is 5.56. The number of hydrazone groups is 1. The van der Waals surface area contributed by atoms with Gasteiger partial charge in [0.25, 0.3) is 0 Å². The molecule has 6 rings (SSSR count). The number of nitrogens with one attached hydrogen (secondary N) is 1. The number of nitrogens with zero attached hydrogens (tertiary/aromatic N) is 7. The lowest BCUT2D eigenvalue weighted by molar-refractivity contribution is 0.300. The fourth-order valence-corrected chi connectivity index (χ4v) is 5.56. The molecule has 2 fully saturated rings. The molecular formula is C31H38N8O. The van der Waals surface area contributed by atoms with Crippen molar-refractivity contribution < 1.29 is 4.74 Å². The third kappa shape index (κ3) is 6.19. The summed E-state index contributed by atoms with van der Waals surface area (Å²) in [5.41, 5.74) is 6.49. The van der Waals surface area contributed by atoms with Crippen molar-refractivity contribution in [1.29, 1.82) is 0 Å². The van der Waals surface area contributed by atoms with Crippen molar-refractivity contribution in [1.82, 2.24) is 19.5 Å².